The van der Waals surface area contributed by atoms with Crippen LogP contribution in [0.4, 0.5) is 0 Å². The molecule has 25 heavy (non-hydrogen) atoms. The smallest absolute Gasteiger partial charge is 0.338 e. The molecule has 1 aromatic rings. The summed E-state index contributed by atoms with van der Waals surface area (Å²) in [5, 5.41) is 2.59. The van der Waals surface area contributed by atoms with Gasteiger partial charge in [-0.2, -0.15) is 4.31 Å². The second kappa shape index (κ2) is 8.93. The SMILES string of the molecule is CCCNC(=O)COC(=O)c1cccc(S(=O)(=O)N2CCOCC2)c1. The quantitative estimate of drug-likeness (QED) is 0.697. The molecule has 0 aromatic heterocycles. The fourth-order valence-corrected chi connectivity index (χ4v) is 3.70. The van der Waals surface area contributed by atoms with Gasteiger partial charge < -0.3 is 14.8 Å². The third kappa shape index (κ3) is 5.25. The van der Waals surface area contributed by atoms with Gasteiger partial charge in [-0.3, -0.25) is 4.79 Å². The maximum absolute atomic E-state index is 12.6. The molecular weight excluding hydrogens is 348 g/mol. The number of ether oxygens (including phenoxy) is 2. The number of rotatable bonds is 7. The average Bonchev–Trinajstić information content (AvgIpc) is 2.65. The predicted octanol–water partition coefficient (Wildman–Crippen LogP) is 0.391. The van der Waals surface area contributed by atoms with E-state index >= 15 is 0 Å². The molecule has 1 fully saturated rings. The number of benzene rings is 1. The molecule has 1 saturated heterocycles. The Hall–Kier alpha value is -1.97. The van der Waals surface area contributed by atoms with Crippen LogP contribution in [0.25, 0.3) is 0 Å². The fourth-order valence-electron chi connectivity index (χ4n) is 2.25. The zero-order valence-electron chi connectivity index (χ0n) is 14.1. The number of nitrogens with one attached hydrogen (secondary N) is 1. The molecule has 0 unspecified atom stereocenters. The normalized spacial score (nSPS) is 15.6. The van der Waals surface area contributed by atoms with E-state index in [1.165, 1.54) is 28.6 Å². The summed E-state index contributed by atoms with van der Waals surface area (Å²) < 4.78 is 36.6. The van der Waals surface area contributed by atoms with Gasteiger partial charge in [0.15, 0.2) is 6.61 Å². The first-order valence-electron chi connectivity index (χ1n) is 8.07. The van der Waals surface area contributed by atoms with Gasteiger partial charge >= 0.3 is 5.97 Å². The van der Waals surface area contributed by atoms with Crippen LogP contribution >= 0.6 is 0 Å². The third-order valence-electron chi connectivity index (χ3n) is 3.58. The third-order valence-corrected chi connectivity index (χ3v) is 5.48. The van der Waals surface area contributed by atoms with Crippen LogP contribution in [0.5, 0.6) is 0 Å². The molecule has 1 amide bonds. The minimum atomic E-state index is -3.70. The van der Waals surface area contributed by atoms with Crippen LogP contribution in [0.15, 0.2) is 29.2 Å². The van der Waals surface area contributed by atoms with Gasteiger partial charge in [0.2, 0.25) is 10.0 Å². The Morgan fingerprint density at radius 1 is 1.28 bits per heavy atom. The Kier molecular flexibility index (Phi) is 6.91. The summed E-state index contributed by atoms with van der Waals surface area (Å²) in [6, 6.07) is 5.61. The summed E-state index contributed by atoms with van der Waals surface area (Å²) in [5.74, 6) is -1.14. The summed E-state index contributed by atoms with van der Waals surface area (Å²) in [4.78, 5) is 23.5. The Morgan fingerprint density at radius 2 is 2.00 bits per heavy atom. The van der Waals surface area contributed by atoms with E-state index in [2.05, 4.69) is 5.32 Å². The molecule has 0 spiro atoms. The Balaban J connectivity index is 2.05. The van der Waals surface area contributed by atoms with E-state index in [0.29, 0.717) is 19.8 Å². The number of sulfonamides is 1. The van der Waals surface area contributed by atoms with Gasteiger partial charge in [-0.25, -0.2) is 13.2 Å². The molecule has 138 valence electrons. The van der Waals surface area contributed by atoms with Crippen LogP contribution in [0, 0.1) is 0 Å². The molecule has 9 heteroatoms. The van der Waals surface area contributed by atoms with Crippen LogP contribution in [0.2, 0.25) is 0 Å². The molecular formula is C16H22N2O6S. The highest BCUT2D eigenvalue weighted by atomic mass is 32.2. The predicted molar refractivity (Wildman–Crippen MR) is 89.6 cm³/mol. The number of nitrogens with zero attached hydrogens (tertiary/aromatic N) is 1. The lowest BCUT2D eigenvalue weighted by Gasteiger charge is -2.26. The van der Waals surface area contributed by atoms with Gasteiger partial charge in [0.25, 0.3) is 5.91 Å². The van der Waals surface area contributed by atoms with E-state index < -0.39 is 28.5 Å². The number of hydrogen-bond donors (Lipinski definition) is 1. The maximum Gasteiger partial charge on any atom is 0.338 e. The summed E-state index contributed by atoms with van der Waals surface area (Å²) in [7, 11) is -3.70. The van der Waals surface area contributed by atoms with Crippen LogP contribution in [-0.4, -0.2) is 64.1 Å². The Morgan fingerprint density at radius 3 is 2.68 bits per heavy atom. The van der Waals surface area contributed by atoms with Crippen molar-refractivity contribution < 1.29 is 27.5 Å². The fraction of sp³-hybridized carbons (Fsp3) is 0.500. The van der Waals surface area contributed by atoms with Crippen molar-refractivity contribution in [3.8, 4) is 0 Å². The Labute approximate surface area is 147 Å². The van der Waals surface area contributed by atoms with E-state index in [0.717, 1.165) is 6.42 Å². The lowest BCUT2D eigenvalue weighted by atomic mass is 10.2. The monoisotopic (exact) mass is 370 g/mol. The first-order chi connectivity index (χ1) is 11.9. The van der Waals surface area contributed by atoms with Crippen molar-refractivity contribution in [3.63, 3.8) is 0 Å². The average molecular weight is 370 g/mol. The van der Waals surface area contributed by atoms with Gasteiger partial charge in [-0.15, -0.1) is 0 Å². The molecule has 1 aromatic carbocycles. The van der Waals surface area contributed by atoms with Gasteiger partial charge in [0.05, 0.1) is 23.7 Å². The molecule has 1 heterocycles. The molecule has 1 aliphatic rings. The molecule has 1 aliphatic heterocycles. The summed E-state index contributed by atoms with van der Waals surface area (Å²) in [5.41, 5.74) is 0.0811. The van der Waals surface area contributed by atoms with E-state index in [-0.39, 0.29) is 23.5 Å². The van der Waals surface area contributed by atoms with Gasteiger partial charge in [-0.05, 0) is 24.6 Å². The maximum atomic E-state index is 12.6. The largest absolute Gasteiger partial charge is 0.452 e. The van der Waals surface area contributed by atoms with Crippen molar-refractivity contribution >= 4 is 21.9 Å². The number of amides is 1. The summed E-state index contributed by atoms with van der Waals surface area (Å²) >= 11 is 0. The summed E-state index contributed by atoms with van der Waals surface area (Å²) in [6.07, 6.45) is 0.779. The number of hydrogen-bond acceptors (Lipinski definition) is 6. The second-order valence-corrected chi connectivity index (χ2v) is 7.41. The molecule has 8 nitrogen and oxygen atoms in total. The second-order valence-electron chi connectivity index (χ2n) is 5.47. The molecule has 0 radical (unpaired) electrons. The first-order valence-corrected chi connectivity index (χ1v) is 9.51. The van der Waals surface area contributed by atoms with Crippen LogP contribution in [0.3, 0.4) is 0 Å². The van der Waals surface area contributed by atoms with Crippen molar-refractivity contribution in [2.75, 3.05) is 39.5 Å². The molecule has 2 rings (SSSR count). The molecule has 0 atom stereocenters. The van der Waals surface area contributed by atoms with Gasteiger partial charge in [-0.1, -0.05) is 13.0 Å². The number of carbonyl (C=O) groups is 2. The molecule has 0 bridgehead atoms. The van der Waals surface area contributed by atoms with Crippen LogP contribution in [-0.2, 0) is 24.3 Å². The van der Waals surface area contributed by atoms with E-state index in [4.69, 9.17) is 9.47 Å². The highest BCUT2D eigenvalue weighted by Crippen LogP contribution is 2.18. The number of carbonyl (C=O) groups excluding carboxylic acids is 2. The topological polar surface area (TPSA) is 102 Å². The van der Waals surface area contributed by atoms with Crippen LogP contribution < -0.4 is 5.32 Å². The van der Waals surface area contributed by atoms with Crippen molar-refractivity contribution in [2.45, 2.75) is 18.2 Å². The van der Waals surface area contributed by atoms with Crippen molar-refractivity contribution in [2.24, 2.45) is 0 Å². The standard InChI is InChI=1S/C16H22N2O6S/c1-2-6-17-15(19)12-24-16(20)13-4-3-5-14(11-13)25(21,22)18-7-9-23-10-8-18/h3-5,11H,2,6-10,12H2,1H3,(H,17,19). The number of morpholine rings is 1. The van der Waals surface area contributed by atoms with E-state index in [1.54, 1.807) is 0 Å². The lowest BCUT2D eigenvalue weighted by molar-refractivity contribution is -0.124. The van der Waals surface area contributed by atoms with E-state index in [9.17, 15) is 18.0 Å². The first kappa shape index (κ1) is 19.4. The van der Waals surface area contributed by atoms with Gasteiger partial charge in [0, 0.05) is 19.6 Å². The minimum Gasteiger partial charge on any atom is -0.452 e. The van der Waals surface area contributed by atoms with Crippen molar-refractivity contribution in [3.05, 3.63) is 29.8 Å². The van der Waals surface area contributed by atoms with Gasteiger partial charge in [0.1, 0.15) is 0 Å². The van der Waals surface area contributed by atoms with Crippen molar-refractivity contribution in [1.82, 2.24) is 9.62 Å². The Bertz CT molecular complexity index is 713. The lowest BCUT2D eigenvalue weighted by Crippen LogP contribution is -2.40. The van der Waals surface area contributed by atoms with E-state index in [1.807, 2.05) is 6.92 Å². The van der Waals surface area contributed by atoms with Crippen molar-refractivity contribution in [1.29, 1.82) is 0 Å². The molecule has 0 aliphatic carbocycles. The highest BCUT2D eigenvalue weighted by molar-refractivity contribution is 7.89. The summed E-state index contributed by atoms with van der Waals surface area (Å²) in [6.45, 7) is 3.24. The minimum absolute atomic E-state index is 0.0132. The molecule has 1 N–H and O–H groups in total. The zero-order valence-corrected chi connectivity index (χ0v) is 14.9. The highest BCUT2D eigenvalue weighted by Gasteiger charge is 2.27. The number of esters is 1. The zero-order chi connectivity index (χ0) is 18.3. The van der Waals surface area contributed by atoms with Crippen LogP contribution in [0.1, 0.15) is 23.7 Å². The molecule has 0 saturated carbocycles.